The van der Waals surface area contributed by atoms with Crippen LogP contribution in [0.4, 0.5) is 10.5 Å². The van der Waals surface area contributed by atoms with Gasteiger partial charge in [-0.15, -0.1) is 0 Å². The Bertz CT molecular complexity index is 1050. The van der Waals surface area contributed by atoms with Gasteiger partial charge in [0.1, 0.15) is 18.7 Å². The van der Waals surface area contributed by atoms with E-state index in [0.29, 0.717) is 37.1 Å². The van der Waals surface area contributed by atoms with Crippen molar-refractivity contribution in [2.75, 3.05) is 11.9 Å². The van der Waals surface area contributed by atoms with Crippen LogP contribution < -0.4 is 21.7 Å². The minimum atomic E-state index is -0.883. The van der Waals surface area contributed by atoms with Crippen LogP contribution >= 0.6 is 0 Å². The molecule has 12 heteroatoms. The van der Waals surface area contributed by atoms with Crippen molar-refractivity contribution in [2.24, 2.45) is 11.7 Å². The Labute approximate surface area is 221 Å². The number of carbonyl (C=O) groups excluding carboxylic acids is 6. The highest BCUT2D eigenvalue weighted by molar-refractivity contribution is 6.12. The average Bonchev–Trinajstić information content (AvgIpc) is 3.18. The van der Waals surface area contributed by atoms with Crippen molar-refractivity contribution < 1.29 is 33.5 Å². The molecule has 1 aliphatic rings. The standard InChI is InChI=1S/C26H35N5O7/c1-16(2)23(30-20(32)7-5-4-6-14-31-21(33)12-13-22(31)34)25(36)28-17(3)24(35)29-19-10-8-18(9-11-19)15-38-26(27)37/h8-13,16-17,23H,4-7,14-15H2,1-3H3,(H2,27,37)(H,28,36)(H,29,35)(H,30,32)/t17-,23-/m0/s1. The summed E-state index contributed by atoms with van der Waals surface area (Å²) >= 11 is 0. The van der Waals surface area contributed by atoms with E-state index in [0.717, 1.165) is 4.90 Å². The van der Waals surface area contributed by atoms with Crippen molar-refractivity contribution in [1.82, 2.24) is 15.5 Å². The van der Waals surface area contributed by atoms with Crippen LogP contribution in [-0.2, 0) is 35.3 Å². The lowest BCUT2D eigenvalue weighted by atomic mass is 10.0. The lowest BCUT2D eigenvalue weighted by molar-refractivity contribution is -0.137. The Balaban J connectivity index is 1.75. The summed E-state index contributed by atoms with van der Waals surface area (Å²) in [5, 5.41) is 8.05. The zero-order valence-electron chi connectivity index (χ0n) is 21.8. The van der Waals surface area contributed by atoms with Gasteiger partial charge in [0.05, 0.1) is 0 Å². The molecular formula is C26H35N5O7. The summed E-state index contributed by atoms with van der Waals surface area (Å²) in [5.41, 5.74) is 6.11. The third kappa shape index (κ3) is 9.68. The Hall–Kier alpha value is -4.22. The molecule has 0 saturated heterocycles. The molecule has 5 N–H and O–H groups in total. The molecule has 0 unspecified atom stereocenters. The Morgan fingerprint density at radius 1 is 0.895 bits per heavy atom. The van der Waals surface area contributed by atoms with Crippen molar-refractivity contribution in [3.8, 4) is 0 Å². The molecule has 0 radical (unpaired) electrons. The van der Waals surface area contributed by atoms with Gasteiger partial charge in [-0.3, -0.25) is 28.9 Å². The number of nitrogens with zero attached hydrogens (tertiary/aromatic N) is 1. The van der Waals surface area contributed by atoms with E-state index >= 15 is 0 Å². The summed E-state index contributed by atoms with van der Waals surface area (Å²) in [6.07, 6.45) is 3.53. The second kappa shape index (κ2) is 14.5. The molecule has 1 aromatic carbocycles. The third-order valence-electron chi connectivity index (χ3n) is 5.81. The lowest BCUT2D eigenvalue weighted by Gasteiger charge is -2.24. The van der Waals surface area contributed by atoms with Crippen LogP contribution in [0.25, 0.3) is 0 Å². The maximum absolute atomic E-state index is 12.8. The minimum absolute atomic E-state index is 0.0106. The van der Waals surface area contributed by atoms with Gasteiger partial charge in [0.15, 0.2) is 0 Å². The number of amides is 6. The van der Waals surface area contributed by atoms with Gasteiger partial charge in [0.2, 0.25) is 17.7 Å². The fourth-order valence-corrected chi connectivity index (χ4v) is 3.62. The second-order valence-electron chi connectivity index (χ2n) is 9.29. The number of carbonyl (C=O) groups is 6. The van der Waals surface area contributed by atoms with Crippen molar-refractivity contribution in [3.63, 3.8) is 0 Å². The van der Waals surface area contributed by atoms with Crippen LogP contribution in [0, 0.1) is 5.92 Å². The van der Waals surface area contributed by atoms with Gasteiger partial charge in [0.25, 0.3) is 11.8 Å². The fraction of sp³-hybridized carbons (Fsp3) is 0.462. The second-order valence-corrected chi connectivity index (χ2v) is 9.29. The molecule has 12 nitrogen and oxygen atoms in total. The lowest BCUT2D eigenvalue weighted by Crippen LogP contribution is -2.53. The van der Waals surface area contributed by atoms with Crippen LogP contribution in [0.15, 0.2) is 36.4 Å². The normalized spacial score (nSPS) is 14.3. The number of benzene rings is 1. The number of nitrogens with one attached hydrogen (secondary N) is 3. The van der Waals surface area contributed by atoms with Gasteiger partial charge in [-0.25, -0.2) is 4.79 Å². The number of primary amides is 1. The monoisotopic (exact) mass is 529 g/mol. The molecule has 0 aliphatic carbocycles. The summed E-state index contributed by atoms with van der Waals surface area (Å²) in [7, 11) is 0. The maximum atomic E-state index is 12.8. The number of nitrogens with two attached hydrogens (primary N) is 1. The fourth-order valence-electron chi connectivity index (χ4n) is 3.62. The summed E-state index contributed by atoms with van der Waals surface area (Å²) in [6, 6.07) is 4.88. The molecule has 0 bridgehead atoms. The van der Waals surface area contributed by atoms with Crippen molar-refractivity contribution >= 4 is 41.3 Å². The molecule has 2 atom stereocenters. The van der Waals surface area contributed by atoms with Crippen LogP contribution in [0.1, 0.15) is 52.0 Å². The molecule has 1 aliphatic heterocycles. The zero-order chi connectivity index (χ0) is 28.2. The summed E-state index contributed by atoms with van der Waals surface area (Å²) in [4.78, 5) is 72.7. The Kier molecular flexibility index (Phi) is 11.5. The first-order valence-electron chi connectivity index (χ1n) is 12.4. The molecule has 0 fully saturated rings. The highest BCUT2D eigenvalue weighted by atomic mass is 16.5. The van der Waals surface area contributed by atoms with Crippen LogP contribution in [-0.4, -0.2) is 59.2 Å². The Morgan fingerprint density at radius 3 is 2.11 bits per heavy atom. The molecule has 2 rings (SSSR count). The van der Waals surface area contributed by atoms with Crippen LogP contribution in [0.2, 0.25) is 0 Å². The van der Waals surface area contributed by atoms with Gasteiger partial charge in [-0.05, 0) is 43.4 Å². The van der Waals surface area contributed by atoms with E-state index < -0.39 is 30.0 Å². The van der Waals surface area contributed by atoms with E-state index in [1.54, 1.807) is 38.1 Å². The molecule has 1 aromatic rings. The third-order valence-corrected chi connectivity index (χ3v) is 5.81. The maximum Gasteiger partial charge on any atom is 0.404 e. The average molecular weight is 530 g/mol. The molecule has 0 aromatic heterocycles. The van der Waals surface area contributed by atoms with E-state index in [-0.39, 0.29) is 36.7 Å². The first kappa shape index (κ1) is 30.0. The highest BCUT2D eigenvalue weighted by Crippen LogP contribution is 2.12. The summed E-state index contributed by atoms with van der Waals surface area (Å²) in [5.74, 6) is -2.10. The largest absolute Gasteiger partial charge is 0.445 e. The molecular weight excluding hydrogens is 494 g/mol. The van der Waals surface area contributed by atoms with Gasteiger partial charge >= 0.3 is 6.09 Å². The van der Waals surface area contributed by atoms with E-state index in [1.165, 1.54) is 19.1 Å². The van der Waals surface area contributed by atoms with E-state index in [2.05, 4.69) is 16.0 Å². The van der Waals surface area contributed by atoms with Gasteiger partial charge in [-0.1, -0.05) is 32.4 Å². The molecule has 6 amide bonds. The number of imide groups is 1. The summed E-state index contributed by atoms with van der Waals surface area (Å²) < 4.78 is 4.71. The summed E-state index contributed by atoms with van der Waals surface area (Å²) in [6.45, 7) is 5.43. The molecule has 0 saturated carbocycles. The molecule has 206 valence electrons. The first-order chi connectivity index (χ1) is 18.0. The number of ether oxygens (including phenoxy) is 1. The number of anilines is 1. The van der Waals surface area contributed by atoms with Crippen molar-refractivity contribution in [3.05, 3.63) is 42.0 Å². The van der Waals surface area contributed by atoms with Crippen LogP contribution in [0.5, 0.6) is 0 Å². The number of unbranched alkanes of at least 4 members (excludes halogenated alkanes) is 2. The molecule has 1 heterocycles. The predicted octanol–water partition coefficient (Wildman–Crippen LogP) is 1.35. The van der Waals surface area contributed by atoms with Gasteiger partial charge < -0.3 is 26.4 Å². The van der Waals surface area contributed by atoms with Crippen molar-refractivity contribution in [1.29, 1.82) is 0 Å². The van der Waals surface area contributed by atoms with Crippen molar-refractivity contribution in [2.45, 2.75) is 65.1 Å². The topological polar surface area (TPSA) is 177 Å². The smallest absolute Gasteiger partial charge is 0.404 e. The minimum Gasteiger partial charge on any atom is -0.445 e. The van der Waals surface area contributed by atoms with Gasteiger partial charge in [-0.2, -0.15) is 0 Å². The van der Waals surface area contributed by atoms with Crippen LogP contribution in [0.3, 0.4) is 0 Å². The molecule has 0 spiro atoms. The highest BCUT2D eigenvalue weighted by Gasteiger charge is 2.27. The zero-order valence-corrected chi connectivity index (χ0v) is 21.8. The van der Waals surface area contributed by atoms with E-state index in [1.807, 2.05) is 0 Å². The first-order valence-corrected chi connectivity index (χ1v) is 12.4. The number of hydrogen-bond acceptors (Lipinski definition) is 7. The molecule has 38 heavy (non-hydrogen) atoms. The quantitative estimate of drug-likeness (QED) is 0.208. The Morgan fingerprint density at radius 2 is 1.53 bits per heavy atom. The number of rotatable bonds is 14. The number of hydrogen-bond donors (Lipinski definition) is 4. The van der Waals surface area contributed by atoms with E-state index in [4.69, 9.17) is 10.5 Å². The predicted molar refractivity (Wildman–Crippen MR) is 138 cm³/mol. The van der Waals surface area contributed by atoms with E-state index in [9.17, 15) is 28.8 Å². The SMILES string of the molecule is CC(C)[C@H](NC(=O)CCCCCN1C(=O)C=CC1=O)C(=O)N[C@@H](C)C(=O)Nc1ccc(COC(N)=O)cc1. The van der Waals surface area contributed by atoms with Gasteiger partial charge in [0, 0.05) is 30.8 Å².